The Kier molecular flexibility index (Phi) is 11.4. The van der Waals surface area contributed by atoms with Crippen molar-refractivity contribution in [3.8, 4) is 0 Å². The van der Waals surface area contributed by atoms with Crippen LogP contribution in [0.5, 0.6) is 0 Å². The summed E-state index contributed by atoms with van der Waals surface area (Å²) in [5.74, 6) is 0. The third-order valence-electron chi connectivity index (χ3n) is 5.71. The summed E-state index contributed by atoms with van der Waals surface area (Å²) in [6.07, 6.45) is 1.99. The molecule has 3 aromatic carbocycles. The number of ether oxygens (including phenoxy) is 1. The van der Waals surface area contributed by atoms with Crippen LogP contribution in [0.3, 0.4) is 0 Å². The van der Waals surface area contributed by atoms with E-state index >= 15 is 0 Å². The molecule has 0 fully saturated rings. The first-order valence-corrected chi connectivity index (χ1v) is 12.1. The van der Waals surface area contributed by atoms with E-state index < -0.39 is 0 Å². The minimum absolute atomic E-state index is 0.117. The zero-order chi connectivity index (χ0) is 24.0. The smallest absolute Gasteiger partial charge is 0.361 e. The third kappa shape index (κ3) is 8.75. The summed E-state index contributed by atoms with van der Waals surface area (Å²) in [6.45, 7) is 5.57. The number of hydrogen-bond acceptors (Lipinski definition) is 5. The molecule has 0 amide bonds. The first kappa shape index (κ1) is 26.2. The average molecular weight is 458 g/mol. The van der Waals surface area contributed by atoms with Crippen molar-refractivity contribution >= 4 is 24.8 Å². The van der Waals surface area contributed by atoms with Gasteiger partial charge in [-0.1, -0.05) is 85.7 Å². The quantitative estimate of drug-likeness (QED) is 0.343. The number of nitrogens with two attached hydrogens (primary N) is 2. The molecule has 0 spiro atoms. The molecule has 7 heteroatoms. The molecule has 0 aliphatic carbocycles. The van der Waals surface area contributed by atoms with E-state index in [9.17, 15) is 0 Å². The van der Waals surface area contributed by atoms with E-state index in [1.807, 2.05) is 18.2 Å². The molecule has 178 valence electrons. The van der Waals surface area contributed by atoms with Gasteiger partial charge in [-0.15, -0.1) is 0 Å². The van der Waals surface area contributed by atoms with Crippen molar-refractivity contribution < 1.29 is 14.0 Å². The van der Waals surface area contributed by atoms with Crippen LogP contribution in [0.2, 0.25) is 13.1 Å². The summed E-state index contributed by atoms with van der Waals surface area (Å²) in [4.78, 5) is 0. The summed E-state index contributed by atoms with van der Waals surface area (Å²) in [7, 11) is 0. The normalized spacial score (nSPS) is 10.9. The van der Waals surface area contributed by atoms with Crippen molar-refractivity contribution in [1.82, 2.24) is 0 Å². The molecule has 0 heterocycles. The average Bonchev–Trinajstić information content (AvgIpc) is 2.88. The van der Waals surface area contributed by atoms with Crippen LogP contribution in [-0.2, 0) is 33.7 Å². The van der Waals surface area contributed by atoms with Gasteiger partial charge in [0.1, 0.15) is 0 Å². The first-order chi connectivity index (χ1) is 16.7. The summed E-state index contributed by atoms with van der Waals surface area (Å²) in [5, 5.41) is 0. The standard InChI is InChI=1S/C27H36B2N2O3/c1-28(33-19-17-30)16-15-23-7-9-24(10-8-23)21-32-22-25-11-13-27(14-12-25)29(34-20-18-31)26-5-3-2-4-6-26/h2-14H,15-22,30-31H2,1H3. The van der Waals surface area contributed by atoms with Gasteiger partial charge in [0, 0.05) is 26.3 Å². The van der Waals surface area contributed by atoms with Crippen LogP contribution >= 0.6 is 0 Å². The largest absolute Gasteiger partial charge is 0.435 e. The predicted octanol–water partition coefficient (Wildman–Crippen LogP) is 2.62. The van der Waals surface area contributed by atoms with Gasteiger partial charge in [-0.2, -0.15) is 0 Å². The van der Waals surface area contributed by atoms with Gasteiger partial charge >= 0.3 is 6.92 Å². The highest BCUT2D eigenvalue weighted by Gasteiger charge is 2.20. The molecule has 0 saturated heterocycles. The second-order valence-corrected chi connectivity index (χ2v) is 8.51. The summed E-state index contributed by atoms with van der Waals surface area (Å²) >= 11 is 0. The fourth-order valence-electron chi connectivity index (χ4n) is 3.80. The molecule has 0 aliphatic rings. The van der Waals surface area contributed by atoms with E-state index in [4.69, 9.17) is 25.5 Å². The Bertz CT molecular complexity index is 940. The van der Waals surface area contributed by atoms with Crippen LogP contribution in [0.15, 0.2) is 78.9 Å². The maximum absolute atomic E-state index is 6.03. The van der Waals surface area contributed by atoms with Crippen molar-refractivity contribution in [2.45, 2.75) is 32.8 Å². The Morgan fingerprint density at radius 1 is 0.647 bits per heavy atom. The fraction of sp³-hybridized carbons (Fsp3) is 0.333. The lowest BCUT2D eigenvalue weighted by Gasteiger charge is -2.15. The van der Waals surface area contributed by atoms with Crippen LogP contribution < -0.4 is 22.4 Å². The molecular weight excluding hydrogens is 422 g/mol. The molecular formula is C27H36B2N2O3. The molecule has 5 nitrogen and oxygen atoms in total. The van der Waals surface area contributed by atoms with E-state index in [0.29, 0.717) is 39.5 Å². The van der Waals surface area contributed by atoms with Gasteiger partial charge in [0.05, 0.1) is 13.2 Å². The van der Waals surface area contributed by atoms with Gasteiger partial charge in [0.2, 0.25) is 0 Å². The lowest BCUT2D eigenvalue weighted by Crippen LogP contribution is -2.45. The highest BCUT2D eigenvalue weighted by atomic mass is 16.5. The van der Waals surface area contributed by atoms with E-state index in [1.165, 1.54) is 11.1 Å². The van der Waals surface area contributed by atoms with Gasteiger partial charge < -0.3 is 25.5 Å². The molecule has 34 heavy (non-hydrogen) atoms. The third-order valence-corrected chi connectivity index (χ3v) is 5.71. The second kappa shape index (κ2) is 14.8. The van der Waals surface area contributed by atoms with Crippen LogP contribution in [0.25, 0.3) is 0 Å². The van der Waals surface area contributed by atoms with Crippen molar-refractivity contribution in [1.29, 1.82) is 0 Å². The molecule has 4 N–H and O–H groups in total. The van der Waals surface area contributed by atoms with Crippen LogP contribution in [0.4, 0.5) is 0 Å². The maximum atomic E-state index is 6.03. The Balaban J connectivity index is 1.47. The highest BCUT2D eigenvalue weighted by Crippen LogP contribution is 2.11. The molecule has 0 bridgehead atoms. The number of rotatable bonds is 15. The van der Waals surface area contributed by atoms with Gasteiger partial charge in [0.25, 0.3) is 6.92 Å². The molecule has 0 unspecified atom stereocenters. The van der Waals surface area contributed by atoms with Crippen molar-refractivity contribution in [3.63, 3.8) is 0 Å². The van der Waals surface area contributed by atoms with Gasteiger partial charge in [0.15, 0.2) is 0 Å². The highest BCUT2D eigenvalue weighted by molar-refractivity contribution is 6.80. The van der Waals surface area contributed by atoms with E-state index in [1.54, 1.807) is 0 Å². The minimum atomic E-state index is -0.117. The Morgan fingerprint density at radius 3 is 1.79 bits per heavy atom. The molecule has 3 aromatic rings. The zero-order valence-corrected chi connectivity index (χ0v) is 20.2. The zero-order valence-electron chi connectivity index (χ0n) is 20.2. The molecule has 0 aliphatic heterocycles. The van der Waals surface area contributed by atoms with Gasteiger partial charge in [-0.3, -0.25) is 0 Å². The van der Waals surface area contributed by atoms with Gasteiger partial charge in [-0.25, -0.2) is 0 Å². The molecule has 0 aromatic heterocycles. The van der Waals surface area contributed by atoms with Crippen LogP contribution in [0, 0.1) is 0 Å². The number of aryl methyl sites for hydroxylation is 1. The van der Waals surface area contributed by atoms with Crippen molar-refractivity contribution in [3.05, 3.63) is 95.6 Å². The minimum Gasteiger partial charge on any atom is -0.435 e. The molecule has 0 radical (unpaired) electrons. The Hall–Kier alpha value is -2.41. The van der Waals surface area contributed by atoms with E-state index in [0.717, 1.165) is 29.2 Å². The molecule has 3 rings (SSSR count). The van der Waals surface area contributed by atoms with Gasteiger partial charge in [-0.05, 0) is 40.4 Å². The summed E-state index contributed by atoms with van der Waals surface area (Å²) in [5.41, 5.74) is 17.0. The summed E-state index contributed by atoms with van der Waals surface area (Å²) in [6, 6.07) is 27.3. The monoisotopic (exact) mass is 458 g/mol. The van der Waals surface area contributed by atoms with Crippen LogP contribution in [0.1, 0.15) is 16.7 Å². The second-order valence-electron chi connectivity index (χ2n) is 8.51. The Labute approximate surface area is 205 Å². The molecule has 0 saturated carbocycles. The van der Waals surface area contributed by atoms with E-state index in [2.05, 4.69) is 67.5 Å². The summed E-state index contributed by atoms with van der Waals surface area (Å²) < 4.78 is 17.6. The van der Waals surface area contributed by atoms with E-state index in [-0.39, 0.29) is 13.8 Å². The SMILES string of the molecule is CB(CCc1ccc(COCc2ccc(B(OCCN)c3ccccc3)cc2)cc1)OCCN. The molecule has 0 atom stereocenters. The Morgan fingerprint density at radius 2 is 1.18 bits per heavy atom. The van der Waals surface area contributed by atoms with Crippen molar-refractivity contribution in [2.75, 3.05) is 26.3 Å². The fourth-order valence-corrected chi connectivity index (χ4v) is 3.80. The number of hydrogen-bond donors (Lipinski definition) is 2. The number of benzene rings is 3. The van der Waals surface area contributed by atoms with Crippen LogP contribution in [-0.4, -0.2) is 40.1 Å². The lowest BCUT2D eigenvalue weighted by atomic mass is 9.55. The van der Waals surface area contributed by atoms with Crippen molar-refractivity contribution in [2.24, 2.45) is 11.5 Å². The predicted molar refractivity (Wildman–Crippen MR) is 143 cm³/mol. The lowest BCUT2D eigenvalue weighted by molar-refractivity contribution is 0.107. The maximum Gasteiger partial charge on any atom is 0.361 e. The topological polar surface area (TPSA) is 79.7 Å². The first-order valence-electron chi connectivity index (χ1n) is 12.1.